The molecule has 0 aliphatic heterocycles. The van der Waals surface area contributed by atoms with Crippen LogP contribution in [0.1, 0.15) is 33.5 Å². The molecule has 5 nitrogen and oxygen atoms in total. The van der Waals surface area contributed by atoms with Crippen molar-refractivity contribution in [2.45, 2.75) is 12.5 Å². The highest BCUT2D eigenvalue weighted by atomic mass is 16.3. The molecule has 5 heteroatoms. The van der Waals surface area contributed by atoms with Crippen molar-refractivity contribution in [3.05, 3.63) is 77.5 Å². The molecule has 0 bridgehead atoms. The average molecular weight is 319 g/mol. The molecular weight excluding hydrogens is 302 g/mol. The van der Waals surface area contributed by atoms with Gasteiger partial charge in [0.25, 0.3) is 5.91 Å². The van der Waals surface area contributed by atoms with Crippen LogP contribution in [0.2, 0.25) is 0 Å². The highest BCUT2D eigenvalue weighted by Crippen LogP contribution is 2.43. The third-order valence-electron chi connectivity index (χ3n) is 4.25. The molecule has 0 spiro atoms. The summed E-state index contributed by atoms with van der Waals surface area (Å²) in [6, 6.07) is 16.1. The molecule has 1 aromatic heterocycles. The number of hydrogen-bond donors (Lipinski definition) is 2. The molecular formula is C19H17N3O2. The Hall–Kier alpha value is -2.92. The molecule has 0 saturated heterocycles. The fourth-order valence-electron chi connectivity index (χ4n) is 3.17. The second-order valence-electron chi connectivity index (χ2n) is 5.75. The topological polar surface area (TPSA) is 81.1 Å². The number of amides is 1. The molecule has 3 aromatic rings. The van der Waals surface area contributed by atoms with Gasteiger partial charge in [-0.15, -0.1) is 0 Å². The lowest BCUT2D eigenvalue weighted by Gasteiger charge is -2.14. The number of nitrogens with one attached hydrogen (secondary N) is 1. The molecule has 1 aliphatic rings. The third-order valence-corrected chi connectivity index (χ3v) is 4.25. The fraction of sp³-hybridized carbons (Fsp3) is 0.158. The van der Waals surface area contributed by atoms with Crippen molar-refractivity contribution in [2.75, 3.05) is 6.54 Å². The lowest BCUT2D eigenvalue weighted by Crippen LogP contribution is -2.28. The predicted molar refractivity (Wildman–Crippen MR) is 90.4 cm³/mol. The Morgan fingerprint density at radius 3 is 2.33 bits per heavy atom. The Morgan fingerprint density at radius 1 is 1.08 bits per heavy atom. The van der Waals surface area contributed by atoms with Crippen molar-refractivity contribution >= 4 is 5.91 Å². The SMILES string of the molecule is NCCc1nc(C(=O)NC2c3ccccc3-c3ccccc32)co1. The van der Waals surface area contributed by atoms with Crippen LogP contribution in [0.5, 0.6) is 0 Å². The number of rotatable bonds is 4. The Morgan fingerprint density at radius 2 is 1.71 bits per heavy atom. The van der Waals surface area contributed by atoms with Gasteiger partial charge in [-0.1, -0.05) is 48.5 Å². The summed E-state index contributed by atoms with van der Waals surface area (Å²) < 4.78 is 5.28. The summed E-state index contributed by atoms with van der Waals surface area (Å²) in [6.45, 7) is 0.435. The van der Waals surface area contributed by atoms with Gasteiger partial charge in [-0.3, -0.25) is 4.79 Å². The minimum absolute atomic E-state index is 0.181. The molecule has 1 amide bonds. The van der Waals surface area contributed by atoms with Gasteiger partial charge in [0.05, 0.1) is 6.04 Å². The summed E-state index contributed by atoms with van der Waals surface area (Å²) >= 11 is 0. The van der Waals surface area contributed by atoms with Gasteiger partial charge in [0, 0.05) is 13.0 Å². The second kappa shape index (κ2) is 5.94. The van der Waals surface area contributed by atoms with E-state index in [1.54, 1.807) is 0 Å². The maximum absolute atomic E-state index is 12.6. The Bertz CT molecular complexity index is 855. The number of oxazole rings is 1. The molecule has 2 aromatic carbocycles. The summed E-state index contributed by atoms with van der Waals surface area (Å²) in [7, 11) is 0. The van der Waals surface area contributed by atoms with Crippen molar-refractivity contribution in [3.63, 3.8) is 0 Å². The first kappa shape index (κ1) is 14.7. The largest absolute Gasteiger partial charge is 0.448 e. The lowest BCUT2D eigenvalue weighted by molar-refractivity contribution is 0.0938. The summed E-state index contributed by atoms with van der Waals surface area (Å²) in [5.41, 5.74) is 10.3. The molecule has 3 N–H and O–H groups in total. The second-order valence-corrected chi connectivity index (χ2v) is 5.75. The highest BCUT2D eigenvalue weighted by molar-refractivity contribution is 5.93. The fourth-order valence-corrected chi connectivity index (χ4v) is 3.17. The van der Waals surface area contributed by atoms with Gasteiger partial charge in [0.1, 0.15) is 6.26 Å². The van der Waals surface area contributed by atoms with Crippen LogP contribution in [-0.4, -0.2) is 17.4 Å². The number of benzene rings is 2. The van der Waals surface area contributed by atoms with E-state index in [4.69, 9.17) is 10.2 Å². The van der Waals surface area contributed by atoms with Crippen LogP contribution in [0, 0.1) is 0 Å². The maximum Gasteiger partial charge on any atom is 0.273 e. The van der Waals surface area contributed by atoms with Gasteiger partial charge in [0.15, 0.2) is 11.6 Å². The zero-order valence-electron chi connectivity index (χ0n) is 13.0. The van der Waals surface area contributed by atoms with Crippen molar-refractivity contribution in [3.8, 4) is 11.1 Å². The van der Waals surface area contributed by atoms with Gasteiger partial charge in [-0.05, 0) is 22.3 Å². The molecule has 0 unspecified atom stereocenters. The molecule has 1 heterocycles. The van der Waals surface area contributed by atoms with Gasteiger partial charge < -0.3 is 15.5 Å². The van der Waals surface area contributed by atoms with Gasteiger partial charge in [0.2, 0.25) is 0 Å². The van der Waals surface area contributed by atoms with Crippen LogP contribution < -0.4 is 11.1 Å². The number of aromatic nitrogens is 1. The Kier molecular flexibility index (Phi) is 3.63. The molecule has 0 saturated carbocycles. The van der Waals surface area contributed by atoms with E-state index in [9.17, 15) is 4.79 Å². The van der Waals surface area contributed by atoms with Gasteiger partial charge in [-0.25, -0.2) is 4.98 Å². The van der Waals surface area contributed by atoms with Crippen molar-refractivity contribution in [1.82, 2.24) is 10.3 Å². The summed E-state index contributed by atoms with van der Waals surface area (Å²) in [5, 5.41) is 3.07. The molecule has 4 rings (SSSR count). The monoisotopic (exact) mass is 319 g/mol. The van der Waals surface area contributed by atoms with Crippen molar-refractivity contribution < 1.29 is 9.21 Å². The smallest absolute Gasteiger partial charge is 0.273 e. The van der Waals surface area contributed by atoms with E-state index in [1.165, 1.54) is 6.26 Å². The number of nitrogens with zero attached hydrogens (tertiary/aromatic N) is 1. The van der Waals surface area contributed by atoms with Crippen molar-refractivity contribution in [1.29, 1.82) is 0 Å². The van der Waals surface area contributed by atoms with Crippen LogP contribution in [-0.2, 0) is 6.42 Å². The van der Waals surface area contributed by atoms with Crippen LogP contribution in [0.15, 0.2) is 59.2 Å². The van der Waals surface area contributed by atoms with Crippen LogP contribution in [0.25, 0.3) is 11.1 Å². The van der Waals surface area contributed by atoms with Gasteiger partial charge in [-0.2, -0.15) is 0 Å². The highest BCUT2D eigenvalue weighted by Gasteiger charge is 2.29. The average Bonchev–Trinajstić information content (AvgIpc) is 3.20. The first-order chi connectivity index (χ1) is 11.8. The first-order valence-corrected chi connectivity index (χ1v) is 7.91. The number of nitrogens with two attached hydrogens (primary N) is 1. The summed E-state index contributed by atoms with van der Waals surface area (Å²) in [4.78, 5) is 16.8. The number of carbonyl (C=O) groups excluding carboxylic acids is 1. The predicted octanol–water partition coefficient (Wildman–Crippen LogP) is 2.68. The zero-order chi connectivity index (χ0) is 16.5. The van der Waals surface area contributed by atoms with E-state index < -0.39 is 0 Å². The quantitative estimate of drug-likeness (QED) is 0.774. The minimum atomic E-state index is -0.251. The van der Waals surface area contributed by atoms with E-state index in [0.717, 1.165) is 22.3 Å². The summed E-state index contributed by atoms with van der Waals surface area (Å²) in [6.07, 6.45) is 1.90. The molecule has 0 atom stereocenters. The van der Waals surface area contributed by atoms with Gasteiger partial charge >= 0.3 is 0 Å². The van der Waals surface area contributed by atoms with Crippen molar-refractivity contribution in [2.24, 2.45) is 5.73 Å². The van der Waals surface area contributed by atoms with Crippen LogP contribution in [0.3, 0.4) is 0 Å². The number of carbonyl (C=O) groups is 1. The number of hydrogen-bond acceptors (Lipinski definition) is 4. The first-order valence-electron chi connectivity index (χ1n) is 7.91. The van der Waals surface area contributed by atoms with Crippen LogP contribution >= 0.6 is 0 Å². The molecule has 120 valence electrons. The normalized spacial score (nSPS) is 12.7. The Labute approximate surface area is 139 Å². The maximum atomic E-state index is 12.6. The van der Waals surface area contributed by atoms with E-state index >= 15 is 0 Å². The standard InChI is InChI=1S/C19H17N3O2/c20-10-9-17-21-16(11-24-17)19(23)22-18-14-7-3-1-5-12(14)13-6-2-4-8-15(13)18/h1-8,11,18H,9-10,20H2,(H,22,23). The summed E-state index contributed by atoms with van der Waals surface area (Å²) in [5.74, 6) is 0.230. The number of fused-ring (bicyclic) bond motifs is 3. The molecule has 24 heavy (non-hydrogen) atoms. The van der Waals surface area contributed by atoms with E-state index in [-0.39, 0.29) is 17.6 Å². The molecule has 0 radical (unpaired) electrons. The Balaban J connectivity index is 1.65. The van der Waals surface area contributed by atoms with E-state index in [2.05, 4.69) is 22.4 Å². The zero-order valence-corrected chi connectivity index (χ0v) is 13.0. The molecule has 0 fully saturated rings. The minimum Gasteiger partial charge on any atom is -0.448 e. The van der Waals surface area contributed by atoms with E-state index in [1.807, 2.05) is 36.4 Å². The lowest BCUT2D eigenvalue weighted by atomic mass is 10.1. The van der Waals surface area contributed by atoms with Crippen LogP contribution in [0.4, 0.5) is 0 Å². The third kappa shape index (κ3) is 2.39. The molecule has 1 aliphatic carbocycles. The van der Waals surface area contributed by atoms with E-state index in [0.29, 0.717) is 18.9 Å².